The highest BCUT2D eigenvalue weighted by Crippen LogP contribution is 2.27. The number of aryl methyl sites for hydroxylation is 1. The lowest BCUT2D eigenvalue weighted by atomic mass is 9.97. The Hall–Kier alpha value is -2.24. The van der Waals surface area contributed by atoms with E-state index in [-0.39, 0.29) is 17.9 Å². The highest BCUT2D eigenvalue weighted by atomic mass is 16.5. The number of benzene rings is 1. The van der Waals surface area contributed by atoms with Crippen LogP contribution in [0.2, 0.25) is 0 Å². The lowest BCUT2D eigenvalue weighted by molar-refractivity contribution is -0.121. The van der Waals surface area contributed by atoms with Gasteiger partial charge in [0.2, 0.25) is 5.91 Å². The Kier molecular flexibility index (Phi) is 5.47. The number of piperidine rings is 1. The Morgan fingerprint density at radius 2 is 2.09 bits per heavy atom. The summed E-state index contributed by atoms with van der Waals surface area (Å²) in [4.78, 5) is 27.9. The number of nitrogens with zero attached hydrogens (tertiary/aromatic N) is 2. The summed E-state index contributed by atoms with van der Waals surface area (Å²) in [5.41, 5.74) is 1.72. The van der Waals surface area contributed by atoms with Crippen molar-refractivity contribution in [1.82, 2.24) is 9.80 Å². The second kappa shape index (κ2) is 7.35. The summed E-state index contributed by atoms with van der Waals surface area (Å²) < 4.78 is 5.29. The van der Waals surface area contributed by atoms with Gasteiger partial charge in [0.15, 0.2) is 0 Å². The van der Waals surface area contributed by atoms with Crippen molar-refractivity contribution in [2.24, 2.45) is 5.92 Å². The predicted octanol–water partition coefficient (Wildman–Crippen LogP) is 2.34. The Balaban J connectivity index is 2.06. The highest BCUT2D eigenvalue weighted by molar-refractivity contribution is 5.94. The van der Waals surface area contributed by atoms with E-state index in [1.807, 2.05) is 25.1 Å². The normalized spacial score (nSPS) is 17.6. The van der Waals surface area contributed by atoms with E-state index in [0.29, 0.717) is 24.5 Å². The summed E-state index contributed by atoms with van der Waals surface area (Å²) in [7, 11) is 5.03. The first-order valence-electron chi connectivity index (χ1n) is 7.84. The van der Waals surface area contributed by atoms with E-state index in [4.69, 9.17) is 4.74 Å². The van der Waals surface area contributed by atoms with Gasteiger partial charge in [-0.25, -0.2) is 4.79 Å². The number of carbonyl (C=O) groups excluding carboxylic acids is 2. The SMILES string of the molecule is COc1ccc(C)cc1NC(=O)[C@@H]1CCCN(C(=O)N(C)C)C1. The second-order valence-corrected chi connectivity index (χ2v) is 6.16. The molecule has 23 heavy (non-hydrogen) atoms. The van der Waals surface area contributed by atoms with E-state index in [9.17, 15) is 9.59 Å². The third-order valence-corrected chi connectivity index (χ3v) is 4.06. The molecule has 2 rings (SSSR count). The van der Waals surface area contributed by atoms with E-state index in [2.05, 4.69) is 5.32 Å². The van der Waals surface area contributed by atoms with Gasteiger partial charge in [-0.2, -0.15) is 0 Å². The molecule has 1 aromatic rings. The molecular weight excluding hydrogens is 294 g/mol. The summed E-state index contributed by atoms with van der Waals surface area (Å²) in [5, 5.41) is 2.95. The molecule has 0 radical (unpaired) electrons. The van der Waals surface area contributed by atoms with Crippen LogP contribution in [-0.4, -0.2) is 56.0 Å². The first-order valence-corrected chi connectivity index (χ1v) is 7.84. The summed E-state index contributed by atoms with van der Waals surface area (Å²) in [6, 6.07) is 5.62. The molecule has 126 valence electrons. The van der Waals surface area contributed by atoms with E-state index in [0.717, 1.165) is 18.4 Å². The molecule has 1 saturated heterocycles. The highest BCUT2D eigenvalue weighted by Gasteiger charge is 2.29. The van der Waals surface area contributed by atoms with Crippen LogP contribution in [0, 0.1) is 12.8 Å². The van der Waals surface area contributed by atoms with Crippen molar-refractivity contribution >= 4 is 17.6 Å². The van der Waals surface area contributed by atoms with Crippen LogP contribution in [-0.2, 0) is 4.79 Å². The van der Waals surface area contributed by atoms with E-state index >= 15 is 0 Å². The van der Waals surface area contributed by atoms with Gasteiger partial charge < -0.3 is 19.9 Å². The summed E-state index contributed by atoms with van der Waals surface area (Å²) in [5.74, 6) is 0.379. The minimum atomic E-state index is -0.196. The Morgan fingerprint density at radius 3 is 2.74 bits per heavy atom. The minimum Gasteiger partial charge on any atom is -0.495 e. The number of nitrogens with one attached hydrogen (secondary N) is 1. The van der Waals surface area contributed by atoms with Gasteiger partial charge in [0.05, 0.1) is 18.7 Å². The number of anilines is 1. The van der Waals surface area contributed by atoms with Crippen molar-refractivity contribution in [3.8, 4) is 5.75 Å². The van der Waals surface area contributed by atoms with Crippen LogP contribution in [0.4, 0.5) is 10.5 Å². The van der Waals surface area contributed by atoms with Crippen molar-refractivity contribution in [1.29, 1.82) is 0 Å². The second-order valence-electron chi connectivity index (χ2n) is 6.16. The molecule has 6 nitrogen and oxygen atoms in total. The van der Waals surface area contributed by atoms with Crippen molar-refractivity contribution in [3.05, 3.63) is 23.8 Å². The standard InChI is InChI=1S/C17H25N3O3/c1-12-7-8-15(23-4)14(10-12)18-16(21)13-6-5-9-20(11-13)17(22)19(2)3/h7-8,10,13H,5-6,9,11H2,1-4H3,(H,18,21)/t13-/m1/s1. The maximum Gasteiger partial charge on any atom is 0.319 e. The Labute approximate surface area is 137 Å². The molecule has 0 unspecified atom stereocenters. The van der Waals surface area contributed by atoms with Crippen LogP contribution in [0.1, 0.15) is 18.4 Å². The van der Waals surface area contributed by atoms with Gasteiger partial charge in [0.25, 0.3) is 0 Å². The average molecular weight is 319 g/mol. The maximum absolute atomic E-state index is 12.6. The zero-order valence-electron chi connectivity index (χ0n) is 14.3. The van der Waals surface area contributed by atoms with Gasteiger partial charge in [-0.05, 0) is 37.5 Å². The number of likely N-dealkylation sites (tertiary alicyclic amines) is 1. The van der Waals surface area contributed by atoms with Crippen LogP contribution in [0.5, 0.6) is 5.75 Å². The van der Waals surface area contributed by atoms with Crippen molar-refractivity contribution < 1.29 is 14.3 Å². The molecule has 1 aromatic carbocycles. The van der Waals surface area contributed by atoms with Gasteiger partial charge in [0.1, 0.15) is 5.75 Å². The topological polar surface area (TPSA) is 61.9 Å². The first-order chi connectivity index (χ1) is 10.9. The van der Waals surface area contributed by atoms with Crippen LogP contribution >= 0.6 is 0 Å². The zero-order valence-corrected chi connectivity index (χ0v) is 14.3. The number of methoxy groups -OCH3 is 1. The third-order valence-electron chi connectivity index (χ3n) is 4.06. The molecule has 1 atom stereocenters. The van der Waals surface area contributed by atoms with Crippen LogP contribution < -0.4 is 10.1 Å². The lowest BCUT2D eigenvalue weighted by Gasteiger charge is -2.33. The number of rotatable bonds is 3. The fourth-order valence-electron chi connectivity index (χ4n) is 2.80. The average Bonchev–Trinajstić information content (AvgIpc) is 2.54. The monoisotopic (exact) mass is 319 g/mol. The number of carbonyl (C=O) groups is 2. The number of amides is 3. The maximum atomic E-state index is 12.6. The fraction of sp³-hybridized carbons (Fsp3) is 0.529. The first kappa shape index (κ1) is 17.1. The molecule has 3 amide bonds. The number of hydrogen-bond donors (Lipinski definition) is 1. The molecular formula is C17H25N3O3. The smallest absolute Gasteiger partial charge is 0.319 e. The van der Waals surface area contributed by atoms with Crippen molar-refractivity contribution in [2.45, 2.75) is 19.8 Å². The van der Waals surface area contributed by atoms with Gasteiger partial charge >= 0.3 is 6.03 Å². The van der Waals surface area contributed by atoms with Gasteiger partial charge in [-0.3, -0.25) is 4.79 Å². The number of hydrogen-bond acceptors (Lipinski definition) is 3. The Morgan fingerprint density at radius 1 is 1.35 bits per heavy atom. The summed E-state index contributed by atoms with van der Waals surface area (Å²) in [6.45, 7) is 3.12. The zero-order chi connectivity index (χ0) is 17.0. The minimum absolute atomic E-state index is 0.0457. The molecule has 0 aromatic heterocycles. The molecule has 0 saturated carbocycles. The fourth-order valence-corrected chi connectivity index (χ4v) is 2.80. The molecule has 0 spiro atoms. The van der Waals surface area contributed by atoms with Crippen LogP contribution in [0.3, 0.4) is 0 Å². The van der Waals surface area contributed by atoms with E-state index in [1.165, 1.54) is 0 Å². The number of ether oxygens (including phenoxy) is 1. The summed E-state index contributed by atoms with van der Waals surface area (Å²) >= 11 is 0. The van der Waals surface area contributed by atoms with Crippen LogP contribution in [0.15, 0.2) is 18.2 Å². The molecule has 0 bridgehead atoms. The molecule has 1 aliphatic heterocycles. The van der Waals surface area contributed by atoms with Crippen LogP contribution in [0.25, 0.3) is 0 Å². The van der Waals surface area contributed by atoms with E-state index in [1.54, 1.807) is 31.0 Å². The molecule has 0 aliphatic carbocycles. The third kappa shape index (κ3) is 4.15. The van der Waals surface area contributed by atoms with Gasteiger partial charge in [0, 0.05) is 27.2 Å². The Bertz CT molecular complexity index is 586. The molecule has 1 N–H and O–H groups in total. The van der Waals surface area contributed by atoms with Crippen molar-refractivity contribution in [3.63, 3.8) is 0 Å². The van der Waals surface area contributed by atoms with Crippen molar-refractivity contribution in [2.75, 3.05) is 39.6 Å². The van der Waals surface area contributed by atoms with Gasteiger partial charge in [-0.15, -0.1) is 0 Å². The number of urea groups is 1. The summed E-state index contributed by atoms with van der Waals surface area (Å²) in [6.07, 6.45) is 1.62. The molecule has 1 heterocycles. The molecule has 6 heteroatoms. The lowest BCUT2D eigenvalue weighted by Crippen LogP contribution is -2.47. The van der Waals surface area contributed by atoms with E-state index < -0.39 is 0 Å². The quantitative estimate of drug-likeness (QED) is 0.930. The predicted molar refractivity (Wildman–Crippen MR) is 89.7 cm³/mol. The molecule has 1 fully saturated rings. The molecule has 1 aliphatic rings. The largest absolute Gasteiger partial charge is 0.495 e. The van der Waals surface area contributed by atoms with Gasteiger partial charge in [-0.1, -0.05) is 6.07 Å².